The van der Waals surface area contributed by atoms with Gasteiger partial charge in [-0.15, -0.1) is 0 Å². The number of imidazole rings is 1. The van der Waals surface area contributed by atoms with Gasteiger partial charge in [-0.3, -0.25) is 14.9 Å². The third-order valence-electron chi connectivity index (χ3n) is 6.11. The van der Waals surface area contributed by atoms with Gasteiger partial charge in [0.25, 0.3) is 11.2 Å². The monoisotopic (exact) mass is 560 g/mol. The zero-order chi connectivity index (χ0) is 29.1. The standard InChI is InChI=1S/C29H17ClN8O3/c1-17(27-34-24-4-2-3-5-25(24)35-27)36-37-28(33-16-18-6-10-20(30)11-7-18)22(14-31)26(23(15-32)29(37)39)19-8-12-21(13-9-19)38(40)41/h2-13,16H,1H3,(H,34,35)/b33-16?,36-17+. The first-order chi connectivity index (χ1) is 19.8. The van der Waals surface area contributed by atoms with Gasteiger partial charge in [0, 0.05) is 28.9 Å². The lowest BCUT2D eigenvalue weighted by molar-refractivity contribution is -0.384. The van der Waals surface area contributed by atoms with Gasteiger partial charge in [0.2, 0.25) is 0 Å². The number of nitriles is 2. The molecule has 0 unspecified atom stereocenters. The Morgan fingerprint density at radius 1 is 1.05 bits per heavy atom. The van der Waals surface area contributed by atoms with E-state index in [1.54, 1.807) is 31.2 Å². The van der Waals surface area contributed by atoms with Crippen LogP contribution in [0.5, 0.6) is 0 Å². The summed E-state index contributed by atoms with van der Waals surface area (Å²) >= 11 is 5.99. The lowest BCUT2D eigenvalue weighted by Crippen LogP contribution is -2.23. The van der Waals surface area contributed by atoms with Crippen LogP contribution in [0.25, 0.3) is 22.2 Å². The molecule has 0 aliphatic heterocycles. The van der Waals surface area contributed by atoms with E-state index in [4.69, 9.17) is 11.6 Å². The van der Waals surface area contributed by atoms with Crippen molar-refractivity contribution in [3.8, 4) is 23.3 Å². The summed E-state index contributed by atoms with van der Waals surface area (Å²) in [6.07, 6.45) is 1.43. The zero-order valence-corrected chi connectivity index (χ0v) is 22.0. The molecule has 2 heterocycles. The molecule has 2 aromatic heterocycles. The second-order valence-corrected chi connectivity index (χ2v) is 9.13. The molecule has 0 fully saturated rings. The number of para-hydroxylation sites is 2. The largest absolute Gasteiger partial charge is 0.337 e. The van der Waals surface area contributed by atoms with Crippen molar-refractivity contribution in [1.29, 1.82) is 10.5 Å². The first kappa shape index (κ1) is 26.7. The van der Waals surface area contributed by atoms with E-state index in [9.17, 15) is 25.4 Å². The number of aromatic amines is 1. The molecule has 5 rings (SSSR count). The van der Waals surface area contributed by atoms with E-state index in [1.807, 2.05) is 30.3 Å². The van der Waals surface area contributed by atoms with Crippen molar-refractivity contribution in [3.63, 3.8) is 0 Å². The Balaban J connectivity index is 1.78. The fourth-order valence-corrected chi connectivity index (χ4v) is 4.24. The van der Waals surface area contributed by atoms with E-state index < -0.39 is 10.5 Å². The Morgan fingerprint density at radius 3 is 2.37 bits per heavy atom. The number of fused-ring (bicyclic) bond motifs is 1. The number of benzene rings is 3. The van der Waals surface area contributed by atoms with E-state index in [-0.39, 0.29) is 33.8 Å². The topological polar surface area (TPSA) is 166 Å². The van der Waals surface area contributed by atoms with Crippen LogP contribution in [0.1, 0.15) is 29.4 Å². The Hall–Kier alpha value is -5.91. The minimum atomic E-state index is -0.835. The minimum Gasteiger partial charge on any atom is -0.337 e. The van der Waals surface area contributed by atoms with Crippen LogP contribution in [0.2, 0.25) is 5.02 Å². The first-order valence-electron chi connectivity index (χ1n) is 12.0. The summed E-state index contributed by atoms with van der Waals surface area (Å²) in [5, 5.41) is 36.4. The van der Waals surface area contributed by atoms with Gasteiger partial charge in [-0.2, -0.15) is 20.3 Å². The molecule has 198 valence electrons. The van der Waals surface area contributed by atoms with E-state index >= 15 is 0 Å². The molecule has 12 heteroatoms. The third-order valence-corrected chi connectivity index (χ3v) is 6.36. The highest BCUT2D eigenvalue weighted by atomic mass is 35.5. The maximum atomic E-state index is 13.7. The number of aromatic nitrogens is 3. The first-order valence-corrected chi connectivity index (χ1v) is 12.4. The lowest BCUT2D eigenvalue weighted by Gasteiger charge is -2.13. The molecule has 0 amide bonds. The Bertz CT molecular complexity index is 1990. The summed E-state index contributed by atoms with van der Waals surface area (Å²) in [5.74, 6) is 0.234. The van der Waals surface area contributed by atoms with Crippen LogP contribution in [0.4, 0.5) is 11.5 Å². The maximum Gasteiger partial charge on any atom is 0.291 e. The quantitative estimate of drug-likeness (QED) is 0.158. The van der Waals surface area contributed by atoms with E-state index in [2.05, 4.69) is 26.1 Å². The fourth-order valence-electron chi connectivity index (χ4n) is 4.12. The molecule has 0 atom stereocenters. The number of hydrogen-bond donors (Lipinski definition) is 1. The summed E-state index contributed by atoms with van der Waals surface area (Å²) in [7, 11) is 0. The second-order valence-electron chi connectivity index (χ2n) is 8.69. The van der Waals surface area contributed by atoms with Crippen molar-refractivity contribution in [2.75, 3.05) is 0 Å². The molecular weight excluding hydrogens is 544 g/mol. The average molecular weight is 561 g/mol. The smallest absolute Gasteiger partial charge is 0.291 e. The van der Waals surface area contributed by atoms with Crippen LogP contribution in [0, 0.1) is 32.8 Å². The fraction of sp³-hybridized carbons (Fsp3) is 0.0345. The summed E-state index contributed by atoms with van der Waals surface area (Å²) in [5.41, 5.74) is 1.09. The highest BCUT2D eigenvalue weighted by Gasteiger charge is 2.24. The van der Waals surface area contributed by atoms with Gasteiger partial charge in [0.15, 0.2) is 11.6 Å². The molecular formula is C29H17ClN8O3. The summed E-state index contributed by atoms with van der Waals surface area (Å²) in [6.45, 7) is 1.62. The molecule has 41 heavy (non-hydrogen) atoms. The molecule has 0 saturated carbocycles. The highest BCUT2D eigenvalue weighted by molar-refractivity contribution is 6.30. The maximum absolute atomic E-state index is 13.7. The van der Waals surface area contributed by atoms with Crippen LogP contribution in [0.3, 0.4) is 0 Å². The van der Waals surface area contributed by atoms with Gasteiger partial charge in [0.1, 0.15) is 29.0 Å². The third kappa shape index (κ3) is 5.21. The summed E-state index contributed by atoms with van der Waals surface area (Å²) < 4.78 is 0.890. The summed E-state index contributed by atoms with van der Waals surface area (Å²) in [6, 6.07) is 23.2. The Morgan fingerprint density at radius 2 is 1.73 bits per heavy atom. The molecule has 5 aromatic rings. The normalized spacial score (nSPS) is 11.5. The molecule has 0 aliphatic rings. The van der Waals surface area contributed by atoms with E-state index in [0.29, 0.717) is 27.6 Å². The molecule has 0 bridgehead atoms. The van der Waals surface area contributed by atoms with Crippen LogP contribution in [0.15, 0.2) is 87.7 Å². The number of nitrogens with zero attached hydrogens (tertiary/aromatic N) is 7. The van der Waals surface area contributed by atoms with E-state index in [0.717, 1.165) is 10.2 Å². The van der Waals surface area contributed by atoms with Gasteiger partial charge in [0.05, 0.1) is 16.0 Å². The van der Waals surface area contributed by atoms with Gasteiger partial charge < -0.3 is 4.98 Å². The number of nitrogens with one attached hydrogen (secondary N) is 1. The highest BCUT2D eigenvalue weighted by Crippen LogP contribution is 2.33. The molecule has 0 radical (unpaired) electrons. The number of aliphatic imine (C=N–C) groups is 1. The zero-order valence-electron chi connectivity index (χ0n) is 21.2. The van der Waals surface area contributed by atoms with Crippen LogP contribution in [-0.2, 0) is 0 Å². The van der Waals surface area contributed by atoms with Crippen molar-refractivity contribution in [1.82, 2.24) is 14.6 Å². The van der Waals surface area contributed by atoms with Gasteiger partial charge in [-0.05, 0) is 54.4 Å². The number of hydrogen-bond acceptors (Lipinski definition) is 8. The minimum absolute atomic E-state index is 0.00834. The molecule has 11 nitrogen and oxygen atoms in total. The molecule has 1 N–H and O–H groups in total. The van der Waals surface area contributed by atoms with Gasteiger partial charge in [-0.1, -0.05) is 35.9 Å². The van der Waals surface area contributed by atoms with Crippen LogP contribution >= 0.6 is 11.6 Å². The average Bonchev–Trinajstić information content (AvgIpc) is 3.42. The number of rotatable bonds is 6. The van der Waals surface area contributed by atoms with Crippen LogP contribution in [-0.4, -0.2) is 31.5 Å². The number of pyridine rings is 1. The predicted octanol–water partition coefficient (Wildman–Crippen LogP) is 5.72. The van der Waals surface area contributed by atoms with Crippen molar-refractivity contribution in [3.05, 3.63) is 121 Å². The number of non-ortho nitro benzene ring substituents is 1. The van der Waals surface area contributed by atoms with Crippen molar-refractivity contribution >= 4 is 46.1 Å². The van der Waals surface area contributed by atoms with Crippen molar-refractivity contribution < 1.29 is 4.92 Å². The van der Waals surface area contributed by atoms with Crippen molar-refractivity contribution in [2.24, 2.45) is 10.1 Å². The van der Waals surface area contributed by atoms with E-state index in [1.165, 1.54) is 30.5 Å². The van der Waals surface area contributed by atoms with Gasteiger partial charge in [-0.25, -0.2) is 9.98 Å². The second kappa shape index (κ2) is 11.1. The Kier molecular flexibility index (Phi) is 7.20. The number of H-pyrrole nitrogens is 1. The molecule has 0 saturated heterocycles. The molecule has 0 aliphatic carbocycles. The molecule has 3 aromatic carbocycles. The predicted molar refractivity (Wildman–Crippen MR) is 155 cm³/mol. The number of nitro benzene ring substituents is 1. The number of nitro groups is 1. The van der Waals surface area contributed by atoms with Crippen LogP contribution < -0.4 is 5.56 Å². The van der Waals surface area contributed by atoms with Crippen molar-refractivity contribution in [2.45, 2.75) is 6.92 Å². The Labute approximate surface area is 237 Å². The lowest BCUT2D eigenvalue weighted by atomic mass is 9.96. The van der Waals surface area contributed by atoms with Gasteiger partial charge >= 0.3 is 0 Å². The SMILES string of the molecule is C/C(=N\n1c(N=Cc2ccc(Cl)cc2)c(C#N)c(-c2ccc([N+](=O)[O-])cc2)c(C#N)c1=O)c1nc2ccccc2[nH]1. The summed E-state index contributed by atoms with van der Waals surface area (Å²) in [4.78, 5) is 36.4. The number of halogens is 1. The molecule has 0 spiro atoms.